The van der Waals surface area contributed by atoms with Crippen molar-refractivity contribution in [2.45, 2.75) is 13.3 Å². The lowest BCUT2D eigenvalue weighted by molar-refractivity contribution is 0.473. The van der Waals surface area contributed by atoms with E-state index in [-0.39, 0.29) is 0 Å². The van der Waals surface area contributed by atoms with E-state index in [1.54, 1.807) is 12.1 Å². The first-order chi connectivity index (χ1) is 5.72. The first-order valence-electron chi connectivity index (χ1n) is 4.20. The first kappa shape index (κ1) is 9.07. The van der Waals surface area contributed by atoms with Gasteiger partial charge in [-0.2, -0.15) is 0 Å². The molecule has 0 fully saturated rings. The fourth-order valence-electron chi connectivity index (χ4n) is 1.17. The molecule has 0 spiro atoms. The number of rotatable bonds is 3. The Kier molecular flexibility index (Phi) is 3.11. The molecular weight excluding hydrogens is 150 g/mol. The summed E-state index contributed by atoms with van der Waals surface area (Å²) < 4.78 is 0. The van der Waals surface area contributed by atoms with E-state index in [9.17, 15) is 0 Å². The molecule has 2 nitrogen and oxygen atoms in total. The second kappa shape index (κ2) is 4.12. The third-order valence-electron chi connectivity index (χ3n) is 1.90. The summed E-state index contributed by atoms with van der Waals surface area (Å²) in [5.74, 6) is 0.809. The summed E-state index contributed by atoms with van der Waals surface area (Å²) in [6.07, 6.45) is 0.935. The number of benzene rings is 1. The highest BCUT2D eigenvalue weighted by molar-refractivity contribution is 5.27. The fraction of sp³-hybridized carbons (Fsp3) is 0.400. The van der Waals surface area contributed by atoms with Crippen molar-refractivity contribution in [1.29, 1.82) is 0 Å². The van der Waals surface area contributed by atoms with Crippen molar-refractivity contribution in [3.05, 3.63) is 29.8 Å². The van der Waals surface area contributed by atoms with Gasteiger partial charge in [-0.25, -0.2) is 0 Å². The van der Waals surface area contributed by atoms with Gasteiger partial charge >= 0.3 is 0 Å². The van der Waals surface area contributed by atoms with Crippen LogP contribution in [0.2, 0.25) is 0 Å². The van der Waals surface area contributed by atoms with E-state index in [1.165, 1.54) is 0 Å². The number of nitrogens with two attached hydrogens (primary N) is 1. The van der Waals surface area contributed by atoms with Crippen LogP contribution < -0.4 is 5.73 Å². The summed E-state index contributed by atoms with van der Waals surface area (Å²) >= 11 is 0. The highest BCUT2D eigenvalue weighted by Gasteiger charge is 2.00. The van der Waals surface area contributed by atoms with Crippen LogP contribution in [0.5, 0.6) is 5.75 Å². The Balaban J connectivity index is 2.63. The maximum Gasteiger partial charge on any atom is 0.115 e. The molecule has 1 aromatic rings. The van der Waals surface area contributed by atoms with Crippen LogP contribution in [0.1, 0.15) is 12.5 Å². The Hall–Kier alpha value is -1.02. The van der Waals surface area contributed by atoms with Gasteiger partial charge in [-0.15, -0.1) is 0 Å². The Morgan fingerprint density at radius 2 is 2.25 bits per heavy atom. The lowest BCUT2D eigenvalue weighted by atomic mass is 10.0. The molecule has 0 saturated heterocycles. The topological polar surface area (TPSA) is 46.2 Å². The van der Waals surface area contributed by atoms with Crippen molar-refractivity contribution in [2.24, 2.45) is 11.7 Å². The number of hydrogen-bond acceptors (Lipinski definition) is 2. The van der Waals surface area contributed by atoms with Crippen molar-refractivity contribution in [2.75, 3.05) is 6.54 Å². The van der Waals surface area contributed by atoms with Crippen LogP contribution in [0.4, 0.5) is 0 Å². The number of aromatic hydroxyl groups is 1. The van der Waals surface area contributed by atoms with Crippen LogP contribution in [-0.4, -0.2) is 11.7 Å². The van der Waals surface area contributed by atoms with E-state index in [0.29, 0.717) is 18.2 Å². The molecule has 0 amide bonds. The van der Waals surface area contributed by atoms with Gasteiger partial charge in [0, 0.05) is 0 Å². The molecule has 0 radical (unpaired) electrons. The molecule has 0 aliphatic carbocycles. The lowest BCUT2D eigenvalue weighted by Gasteiger charge is -2.07. The lowest BCUT2D eigenvalue weighted by Crippen LogP contribution is -2.12. The van der Waals surface area contributed by atoms with E-state index in [1.807, 2.05) is 12.1 Å². The van der Waals surface area contributed by atoms with Crippen molar-refractivity contribution in [3.8, 4) is 5.75 Å². The summed E-state index contributed by atoms with van der Waals surface area (Å²) in [5.41, 5.74) is 6.64. The quantitative estimate of drug-likeness (QED) is 0.713. The Bertz CT molecular complexity index is 247. The van der Waals surface area contributed by atoms with Gasteiger partial charge in [0.2, 0.25) is 0 Å². The molecule has 1 aromatic carbocycles. The molecule has 0 aromatic heterocycles. The van der Waals surface area contributed by atoms with E-state index in [2.05, 4.69) is 6.92 Å². The van der Waals surface area contributed by atoms with Crippen LogP contribution in [0.3, 0.4) is 0 Å². The third kappa shape index (κ3) is 2.55. The van der Waals surface area contributed by atoms with Crippen molar-refractivity contribution in [1.82, 2.24) is 0 Å². The van der Waals surface area contributed by atoms with Gasteiger partial charge in [0.1, 0.15) is 5.75 Å². The molecule has 2 heteroatoms. The highest BCUT2D eigenvalue weighted by atomic mass is 16.3. The van der Waals surface area contributed by atoms with Gasteiger partial charge in [0.15, 0.2) is 0 Å². The van der Waals surface area contributed by atoms with Crippen LogP contribution >= 0.6 is 0 Å². The SMILES string of the molecule is C[C@@H](CN)Cc1cccc(O)c1. The zero-order chi connectivity index (χ0) is 8.97. The molecule has 1 rings (SSSR count). The number of hydrogen-bond donors (Lipinski definition) is 2. The summed E-state index contributed by atoms with van der Waals surface area (Å²) in [7, 11) is 0. The van der Waals surface area contributed by atoms with Crippen LogP contribution in [0.25, 0.3) is 0 Å². The van der Waals surface area contributed by atoms with Crippen LogP contribution in [0.15, 0.2) is 24.3 Å². The van der Waals surface area contributed by atoms with Gasteiger partial charge < -0.3 is 10.8 Å². The molecule has 0 saturated carbocycles. The fourth-order valence-corrected chi connectivity index (χ4v) is 1.17. The highest BCUT2D eigenvalue weighted by Crippen LogP contribution is 2.13. The Morgan fingerprint density at radius 3 is 2.83 bits per heavy atom. The normalized spacial score (nSPS) is 12.8. The average molecular weight is 165 g/mol. The molecule has 0 aliphatic rings. The van der Waals surface area contributed by atoms with Gasteiger partial charge in [-0.3, -0.25) is 0 Å². The molecule has 66 valence electrons. The van der Waals surface area contributed by atoms with Gasteiger partial charge in [0.25, 0.3) is 0 Å². The molecule has 0 unspecified atom stereocenters. The van der Waals surface area contributed by atoms with Crippen LogP contribution in [-0.2, 0) is 6.42 Å². The predicted octanol–water partition coefficient (Wildman–Crippen LogP) is 1.53. The molecule has 0 aliphatic heterocycles. The summed E-state index contributed by atoms with van der Waals surface area (Å²) in [4.78, 5) is 0. The summed E-state index contributed by atoms with van der Waals surface area (Å²) in [5, 5.41) is 9.17. The minimum Gasteiger partial charge on any atom is -0.508 e. The summed E-state index contributed by atoms with van der Waals surface area (Å²) in [6, 6.07) is 7.32. The van der Waals surface area contributed by atoms with Crippen LogP contribution in [0, 0.1) is 5.92 Å². The first-order valence-corrected chi connectivity index (χ1v) is 4.20. The van der Waals surface area contributed by atoms with Crippen molar-refractivity contribution in [3.63, 3.8) is 0 Å². The Labute approximate surface area is 73.0 Å². The molecule has 12 heavy (non-hydrogen) atoms. The van der Waals surface area contributed by atoms with Crippen molar-refractivity contribution >= 4 is 0 Å². The minimum absolute atomic E-state index is 0.330. The largest absolute Gasteiger partial charge is 0.508 e. The predicted molar refractivity (Wildman–Crippen MR) is 50.0 cm³/mol. The maximum absolute atomic E-state index is 9.17. The van der Waals surface area contributed by atoms with Gasteiger partial charge in [-0.05, 0) is 36.6 Å². The molecule has 3 N–H and O–H groups in total. The van der Waals surface area contributed by atoms with E-state index < -0.39 is 0 Å². The molecule has 0 bridgehead atoms. The molecule has 0 heterocycles. The zero-order valence-corrected chi connectivity index (χ0v) is 7.33. The van der Waals surface area contributed by atoms with Gasteiger partial charge in [0.05, 0.1) is 0 Å². The second-order valence-corrected chi connectivity index (χ2v) is 3.21. The monoisotopic (exact) mass is 165 g/mol. The van der Waals surface area contributed by atoms with E-state index in [4.69, 9.17) is 10.8 Å². The third-order valence-corrected chi connectivity index (χ3v) is 1.90. The summed E-state index contributed by atoms with van der Waals surface area (Å²) in [6.45, 7) is 2.79. The Morgan fingerprint density at radius 1 is 1.50 bits per heavy atom. The second-order valence-electron chi connectivity index (χ2n) is 3.21. The maximum atomic E-state index is 9.17. The molecular formula is C10H15NO. The minimum atomic E-state index is 0.330. The van der Waals surface area contributed by atoms with E-state index in [0.717, 1.165) is 12.0 Å². The number of phenolic OH excluding ortho intramolecular Hbond substituents is 1. The van der Waals surface area contributed by atoms with Gasteiger partial charge in [-0.1, -0.05) is 19.1 Å². The van der Waals surface area contributed by atoms with Crippen molar-refractivity contribution < 1.29 is 5.11 Å². The smallest absolute Gasteiger partial charge is 0.115 e. The molecule has 1 atom stereocenters. The zero-order valence-electron chi connectivity index (χ0n) is 7.33. The van der Waals surface area contributed by atoms with E-state index >= 15 is 0 Å². The number of phenols is 1. The standard InChI is InChI=1S/C10H15NO/c1-8(7-11)5-9-3-2-4-10(12)6-9/h2-4,6,8,12H,5,7,11H2,1H3/t8-/m1/s1. The average Bonchev–Trinajstić information content (AvgIpc) is 2.04.